The van der Waals surface area contributed by atoms with Crippen LogP contribution in [0.1, 0.15) is 6.92 Å². The van der Waals surface area contributed by atoms with Gasteiger partial charge in [0.15, 0.2) is 11.5 Å². The molecule has 29 heavy (non-hydrogen) atoms. The SMILES string of the molecule is C[C@@H](Sc1nnc(-c2c[nH]c3ccccc23)o1)C(=O)Nc1ccc2c(c1)OCO2. The number of nitrogens with one attached hydrogen (secondary N) is 2. The number of fused-ring (bicyclic) bond motifs is 2. The van der Waals surface area contributed by atoms with Crippen LogP contribution < -0.4 is 14.8 Å². The van der Waals surface area contributed by atoms with Gasteiger partial charge in [0.2, 0.25) is 12.7 Å². The standard InChI is InChI=1S/C20H16N4O4S/c1-11(18(25)22-12-6-7-16-17(8-12)27-10-26-16)29-20-24-23-19(28-20)14-9-21-15-5-3-2-4-13(14)15/h2-9,11,21H,10H2,1H3,(H,22,25)/t11-/m1/s1. The molecule has 1 amide bonds. The number of hydrogen-bond acceptors (Lipinski definition) is 7. The molecule has 2 N–H and O–H groups in total. The Balaban J connectivity index is 1.27. The first-order valence-electron chi connectivity index (χ1n) is 8.94. The molecule has 5 rings (SSSR count). The monoisotopic (exact) mass is 408 g/mol. The number of nitrogens with zero attached hydrogens (tertiary/aromatic N) is 2. The molecule has 0 aliphatic carbocycles. The van der Waals surface area contributed by atoms with E-state index in [0.29, 0.717) is 28.3 Å². The minimum absolute atomic E-state index is 0.180. The molecule has 1 aliphatic rings. The van der Waals surface area contributed by atoms with Gasteiger partial charge >= 0.3 is 0 Å². The summed E-state index contributed by atoms with van der Waals surface area (Å²) in [7, 11) is 0. The first-order chi connectivity index (χ1) is 14.2. The molecule has 0 bridgehead atoms. The maximum Gasteiger partial charge on any atom is 0.277 e. The van der Waals surface area contributed by atoms with Crippen LogP contribution in [0.4, 0.5) is 5.69 Å². The number of ether oxygens (including phenoxy) is 2. The summed E-state index contributed by atoms with van der Waals surface area (Å²) in [4.78, 5) is 15.7. The Bertz CT molecular complexity index is 1200. The number of aromatic amines is 1. The van der Waals surface area contributed by atoms with Crippen molar-refractivity contribution in [1.29, 1.82) is 0 Å². The van der Waals surface area contributed by atoms with Crippen LogP contribution in [0.3, 0.4) is 0 Å². The van der Waals surface area contributed by atoms with Crippen LogP contribution >= 0.6 is 11.8 Å². The van der Waals surface area contributed by atoms with Gasteiger partial charge in [-0.1, -0.05) is 30.0 Å². The fraction of sp³-hybridized carbons (Fsp3) is 0.150. The van der Waals surface area contributed by atoms with E-state index in [-0.39, 0.29) is 12.7 Å². The summed E-state index contributed by atoms with van der Waals surface area (Å²) in [6.07, 6.45) is 1.84. The molecule has 0 spiro atoms. The zero-order valence-corrected chi connectivity index (χ0v) is 16.2. The van der Waals surface area contributed by atoms with Gasteiger partial charge in [-0.25, -0.2) is 0 Å². The third kappa shape index (κ3) is 3.40. The van der Waals surface area contributed by atoms with E-state index >= 15 is 0 Å². The Morgan fingerprint density at radius 3 is 2.97 bits per heavy atom. The van der Waals surface area contributed by atoms with E-state index in [4.69, 9.17) is 13.9 Å². The minimum Gasteiger partial charge on any atom is -0.454 e. The van der Waals surface area contributed by atoms with E-state index in [9.17, 15) is 4.79 Å². The van der Waals surface area contributed by atoms with E-state index in [1.807, 2.05) is 30.5 Å². The maximum absolute atomic E-state index is 12.5. The summed E-state index contributed by atoms with van der Waals surface area (Å²) >= 11 is 1.20. The van der Waals surface area contributed by atoms with Gasteiger partial charge in [-0.2, -0.15) is 0 Å². The highest BCUT2D eigenvalue weighted by Crippen LogP contribution is 2.35. The van der Waals surface area contributed by atoms with Crippen molar-refractivity contribution < 1.29 is 18.7 Å². The second-order valence-electron chi connectivity index (χ2n) is 6.44. The van der Waals surface area contributed by atoms with Gasteiger partial charge in [-0.3, -0.25) is 4.79 Å². The molecule has 0 fully saturated rings. The Morgan fingerprint density at radius 2 is 2.03 bits per heavy atom. The van der Waals surface area contributed by atoms with Crippen molar-refractivity contribution in [3.8, 4) is 23.0 Å². The van der Waals surface area contributed by atoms with E-state index in [0.717, 1.165) is 16.5 Å². The average Bonchev–Trinajstić information content (AvgIpc) is 3.46. The minimum atomic E-state index is -0.434. The molecule has 146 valence electrons. The van der Waals surface area contributed by atoms with Gasteiger partial charge in [-0.15, -0.1) is 10.2 Å². The highest BCUT2D eigenvalue weighted by molar-refractivity contribution is 8.00. The van der Waals surface area contributed by atoms with E-state index in [1.54, 1.807) is 25.1 Å². The quantitative estimate of drug-likeness (QED) is 0.480. The number of para-hydroxylation sites is 1. The van der Waals surface area contributed by atoms with Crippen LogP contribution in [0.5, 0.6) is 11.5 Å². The second kappa shape index (κ2) is 7.17. The van der Waals surface area contributed by atoms with Crippen LogP contribution in [0.2, 0.25) is 0 Å². The van der Waals surface area contributed by atoms with Gasteiger partial charge in [0.1, 0.15) is 0 Å². The number of anilines is 1. The molecule has 9 heteroatoms. The summed E-state index contributed by atoms with van der Waals surface area (Å²) in [5.41, 5.74) is 2.46. The van der Waals surface area contributed by atoms with Gasteiger partial charge in [0.05, 0.1) is 10.8 Å². The topological polar surface area (TPSA) is 102 Å². The van der Waals surface area contributed by atoms with Gasteiger partial charge in [-0.05, 0) is 25.1 Å². The smallest absolute Gasteiger partial charge is 0.277 e. The average molecular weight is 408 g/mol. The molecule has 0 saturated carbocycles. The number of carbonyl (C=O) groups excluding carboxylic acids is 1. The molecular formula is C20H16N4O4S. The lowest BCUT2D eigenvalue weighted by molar-refractivity contribution is -0.115. The van der Waals surface area contributed by atoms with E-state index in [2.05, 4.69) is 20.5 Å². The molecule has 1 atom stereocenters. The number of benzene rings is 2. The molecular weight excluding hydrogens is 392 g/mol. The highest BCUT2D eigenvalue weighted by atomic mass is 32.2. The predicted octanol–water partition coefficient (Wildman–Crippen LogP) is 4.07. The number of carbonyl (C=O) groups is 1. The Morgan fingerprint density at radius 1 is 1.17 bits per heavy atom. The normalized spacial score (nSPS) is 13.6. The molecule has 0 radical (unpaired) electrons. The highest BCUT2D eigenvalue weighted by Gasteiger charge is 2.21. The fourth-order valence-electron chi connectivity index (χ4n) is 3.04. The van der Waals surface area contributed by atoms with Crippen molar-refractivity contribution in [3.05, 3.63) is 48.7 Å². The van der Waals surface area contributed by atoms with Gasteiger partial charge in [0, 0.05) is 28.9 Å². The zero-order valence-electron chi connectivity index (χ0n) is 15.3. The number of aromatic nitrogens is 3. The van der Waals surface area contributed by atoms with Crippen molar-refractivity contribution in [1.82, 2.24) is 15.2 Å². The van der Waals surface area contributed by atoms with E-state index in [1.165, 1.54) is 11.8 Å². The maximum atomic E-state index is 12.5. The largest absolute Gasteiger partial charge is 0.454 e. The fourth-order valence-corrected chi connectivity index (χ4v) is 3.72. The molecule has 2 aromatic carbocycles. The second-order valence-corrected chi connectivity index (χ2v) is 7.73. The first-order valence-corrected chi connectivity index (χ1v) is 9.82. The van der Waals surface area contributed by atoms with Crippen molar-refractivity contribution in [3.63, 3.8) is 0 Å². The summed E-state index contributed by atoms with van der Waals surface area (Å²) in [5, 5.41) is 12.0. The van der Waals surface area contributed by atoms with Crippen molar-refractivity contribution >= 4 is 34.3 Å². The van der Waals surface area contributed by atoms with Crippen molar-refractivity contribution in [2.24, 2.45) is 0 Å². The van der Waals surface area contributed by atoms with Crippen LogP contribution in [0, 0.1) is 0 Å². The molecule has 3 heterocycles. The molecule has 0 saturated heterocycles. The van der Waals surface area contributed by atoms with Crippen LogP contribution in [0.15, 0.2) is 58.3 Å². The number of rotatable bonds is 5. The first kappa shape index (κ1) is 17.6. The van der Waals surface area contributed by atoms with Gasteiger partial charge in [0.25, 0.3) is 11.1 Å². The third-order valence-electron chi connectivity index (χ3n) is 4.51. The zero-order chi connectivity index (χ0) is 19.8. The predicted molar refractivity (Wildman–Crippen MR) is 108 cm³/mol. The Hall–Kier alpha value is -3.46. The van der Waals surface area contributed by atoms with Gasteiger partial charge < -0.3 is 24.2 Å². The van der Waals surface area contributed by atoms with Crippen LogP contribution in [-0.2, 0) is 4.79 Å². The molecule has 8 nitrogen and oxygen atoms in total. The molecule has 2 aromatic heterocycles. The van der Waals surface area contributed by atoms with E-state index < -0.39 is 5.25 Å². The number of amides is 1. The summed E-state index contributed by atoms with van der Waals surface area (Å²) in [6, 6.07) is 13.1. The molecule has 4 aromatic rings. The lowest BCUT2D eigenvalue weighted by Gasteiger charge is -2.10. The summed E-state index contributed by atoms with van der Waals surface area (Å²) in [5.74, 6) is 1.51. The lowest BCUT2D eigenvalue weighted by Crippen LogP contribution is -2.22. The molecule has 0 unspecified atom stereocenters. The number of H-pyrrole nitrogens is 1. The molecule has 1 aliphatic heterocycles. The third-order valence-corrected chi connectivity index (χ3v) is 5.45. The van der Waals surface area contributed by atoms with Crippen molar-refractivity contribution in [2.75, 3.05) is 12.1 Å². The van der Waals surface area contributed by atoms with Crippen LogP contribution in [0.25, 0.3) is 22.4 Å². The number of thioether (sulfide) groups is 1. The summed E-state index contributed by atoms with van der Waals surface area (Å²) < 4.78 is 16.4. The lowest BCUT2D eigenvalue weighted by atomic mass is 10.2. The van der Waals surface area contributed by atoms with Crippen LogP contribution in [-0.4, -0.2) is 33.1 Å². The Kier molecular flexibility index (Phi) is 4.36. The van der Waals surface area contributed by atoms with Crippen molar-refractivity contribution in [2.45, 2.75) is 17.4 Å². The number of hydrogen-bond donors (Lipinski definition) is 2. The Labute approximate surface area is 169 Å². The summed E-state index contributed by atoms with van der Waals surface area (Å²) in [6.45, 7) is 1.97.